The van der Waals surface area contributed by atoms with Crippen molar-refractivity contribution in [2.45, 2.75) is 19.9 Å². The molecular formula is C17H18N4O2S. The number of amides is 2. The van der Waals surface area contributed by atoms with E-state index in [4.69, 9.17) is 0 Å². The third kappa shape index (κ3) is 3.30. The van der Waals surface area contributed by atoms with Crippen LogP contribution in [-0.2, 0) is 22.6 Å². The minimum Gasteiger partial charge on any atom is -0.361 e. The van der Waals surface area contributed by atoms with Gasteiger partial charge in [0.05, 0.1) is 17.2 Å². The number of rotatable bonds is 4. The number of nitrogens with one attached hydrogen (secondary N) is 2. The Morgan fingerprint density at radius 1 is 1.33 bits per heavy atom. The second-order valence-corrected chi connectivity index (χ2v) is 6.63. The first kappa shape index (κ1) is 16.2. The highest BCUT2D eigenvalue weighted by Gasteiger charge is 2.20. The summed E-state index contributed by atoms with van der Waals surface area (Å²) in [5.41, 5.74) is 1.52. The molecule has 0 fully saturated rings. The Morgan fingerprint density at radius 3 is 2.92 bits per heavy atom. The van der Waals surface area contributed by atoms with Gasteiger partial charge in [-0.05, 0) is 24.6 Å². The summed E-state index contributed by atoms with van der Waals surface area (Å²) in [6.07, 6.45) is 4.42. The molecule has 2 amide bonds. The van der Waals surface area contributed by atoms with Crippen molar-refractivity contribution in [3.63, 3.8) is 0 Å². The number of fused-ring (bicyclic) bond motifs is 1. The van der Waals surface area contributed by atoms with E-state index in [1.807, 2.05) is 25.1 Å². The number of carbonyl (C=O) groups is 2. The molecular weight excluding hydrogens is 324 g/mol. The first-order valence-corrected chi connectivity index (χ1v) is 8.46. The number of anilines is 1. The highest BCUT2D eigenvalue weighted by Crippen LogP contribution is 2.22. The molecule has 0 aliphatic heterocycles. The van der Waals surface area contributed by atoms with E-state index in [0.717, 1.165) is 27.2 Å². The van der Waals surface area contributed by atoms with Crippen LogP contribution in [0.5, 0.6) is 0 Å². The summed E-state index contributed by atoms with van der Waals surface area (Å²) in [5, 5.41) is 4.59. The zero-order valence-corrected chi connectivity index (χ0v) is 14.3. The molecule has 2 aromatic heterocycles. The van der Waals surface area contributed by atoms with Crippen LogP contribution < -0.4 is 5.32 Å². The number of nitrogens with zero attached hydrogens (tertiary/aromatic N) is 2. The van der Waals surface area contributed by atoms with Crippen molar-refractivity contribution >= 4 is 39.7 Å². The van der Waals surface area contributed by atoms with Crippen molar-refractivity contribution in [1.29, 1.82) is 0 Å². The lowest BCUT2D eigenvalue weighted by atomic mass is 10.2. The highest BCUT2D eigenvalue weighted by atomic mass is 32.1. The van der Waals surface area contributed by atoms with Crippen molar-refractivity contribution in [2.75, 3.05) is 12.4 Å². The third-order valence-corrected chi connectivity index (χ3v) is 4.81. The van der Waals surface area contributed by atoms with Crippen LogP contribution in [0.4, 0.5) is 5.69 Å². The van der Waals surface area contributed by atoms with Gasteiger partial charge < -0.3 is 15.2 Å². The first-order chi connectivity index (χ1) is 11.6. The van der Waals surface area contributed by atoms with E-state index in [0.29, 0.717) is 12.2 Å². The number of aromatic amines is 1. The van der Waals surface area contributed by atoms with Gasteiger partial charge in [-0.15, -0.1) is 11.3 Å². The summed E-state index contributed by atoms with van der Waals surface area (Å²) >= 11 is 1.56. The Kier molecular flexibility index (Phi) is 4.61. The van der Waals surface area contributed by atoms with E-state index < -0.39 is 11.8 Å². The molecule has 0 saturated heterocycles. The average Bonchev–Trinajstić information content (AvgIpc) is 3.23. The number of thiazole rings is 1. The average molecular weight is 342 g/mol. The van der Waals surface area contributed by atoms with Crippen molar-refractivity contribution in [2.24, 2.45) is 0 Å². The molecule has 0 atom stereocenters. The summed E-state index contributed by atoms with van der Waals surface area (Å²) in [5.74, 6) is -1.22. The number of aryl methyl sites for hydroxylation is 1. The normalized spacial score (nSPS) is 10.8. The maximum atomic E-state index is 12.3. The number of likely N-dealkylation sites (N-methyl/N-ethyl adjacent to an activating group) is 1. The molecule has 3 rings (SSSR count). The fraction of sp³-hybridized carbons (Fsp3) is 0.235. The van der Waals surface area contributed by atoms with Crippen LogP contribution in [0, 0.1) is 0 Å². The molecule has 6 nitrogen and oxygen atoms in total. The van der Waals surface area contributed by atoms with Crippen molar-refractivity contribution < 1.29 is 9.59 Å². The topological polar surface area (TPSA) is 78.1 Å². The van der Waals surface area contributed by atoms with Crippen LogP contribution in [0.2, 0.25) is 0 Å². The molecule has 124 valence electrons. The molecule has 7 heteroatoms. The van der Waals surface area contributed by atoms with Gasteiger partial charge in [-0.25, -0.2) is 4.98 Å². The second-order valence-electron chi connectivity index (χ2n) is 5.43. The Bertz CT molecular complexity index is 883. The molecule has 0 saturated carbocycles. The number of H-pyrrole nitrogens is 1. The molecule has 2 N–H and O–H groups in total. The van der Waals surface area contributed by atoms with Gasteiger partial charge in [0.25, 0.3) is 0 Å². The van der Waals surface area contributed by atoms with Crippen LogP contribution in [0.3, 0.4) is 0 Å². The monoisotopic (exact) mass is 342 g/mol. The molecule has 3 aromatic rings. The molecule has 2 heterocycles. The van der Waals surface area contributed by atoms with Crippen molar-refractivity contribution in [1.82, 2.24) is 14.9 Å². The molecule has 24 heavy (non-hydrogen) atoms. The molecule has 0 bridgehead atoms. The van der Waals surface area contributed by atoms with E-state index in [-0.39, 0.29) is 0 Å². The predicted octanol–water partition coefficient (Wildman–Crippen LogP) is 2.78. The minimum absolute atomic E-state index is 0.373. The standard InChI is InChI=1S/C17H18N4O2S/c1-3-15-19-9-11(24-15)10-21(2)17(23)16(22)20-14-6-4-5-13-12(14)7-8-18-13/h4-9,18H,3,10H2,1-2H3,(H,20,22). The Balaban J connectivity index is 1.67. The minimum atomic E-state index is -0.647. The molecule has 0 radical (unpaired) electrons. The Hall–Kier alpha value is -2.67. The van der Waals surface area contributed by atoms with Gasteiger partial charge in [0, 0.05) is 35.2 Å². The summed E-state index contributed by atoms with van der Waals surface area (Å²) in [6, 6.07) is 7.38. The zero-order valence-electron chi connectivity index (χ0n) is 13.5. The molecule has 0 spiro atoms. The lowest BCUT2D eigenvalue weighted by Gasteiger charge is -2.15. The Morgan fingerprint density at radius 2 is 2.17 bits per heavy atom. The molecule has 1 aromatic carbocycles. The number of benzene rings is 1. The molecule has 0 aliphatic rings. The van der Waals surface area contributed by atoms with Crippen LogP contribution in [0.15, 0.2) is 36.7 Å². The highest BCUT2D eigenvalue weighted by molar-refractivity contribution is 7.11. The lowest BCUT2D eigenvalue weighted by Crippen LogP contribution is -2.36. The van der Waals surface area contributed by atoms with Gasteiger partial charge in [0.15, 0.2) is 0 Å². The first-order valence-electron chi connectivity index (χ1n) is 7.64. The summed E-state index contributed by atoms with van der Waals surface area (Å²) in [7, 11) is 1.62. The van der Waals surface area contributed by atoms with Crippen LogP contribution in [-0.4, -0.2) is 33.7 Å². The fourth-order valence-electron chi connectivity index (χ4n) is 2.43. The SMILES string of the molecule is CCc1ncc(CN(C)C(=O)C(=O)Nc2cccc3[nH]ccc23)s1. The van der Waals surface area contributed by atoms with Crippen molar-refractivity contribution in [3.8, 4) is 0 Å². The van der Waals surface area contributed by atoms with E-state index >= 15 is 0 Å². The van der Waals surface area contributed by atoms with Crippen LogP contribution >= 0.6 is 11.3 Å². The van der Waals surface area contributed by atoms with Gasteiger partial charge in [-0.3, -0.25) is 9.59 Å². The second kappa shape index (κ2) is 6.84. The molecule has 0 aliphatic carbocycles. The maximum absolute atomic E-state index is 12.3. The van der Waals surface area contributed by atoms with Gasteiger partial charge in [-0.1, -0.05) is 13.0 Å². The van der Waals surface area contributed by atoms with E-state index in [1.54, 1.807) is 36.8 Å². The van der Waals surface area contributed by atoms with Crippen LogP contribution in [0.25, 0.3) is 10.9 Å². The Labute approximate surface area is 143 Å². The van der Waals surface area contributed by atoms with Gasteiger partial charge >= 0.3 is 11.8 Å². The fourth-order valence-corrected chi connectivity index (χ4v) is 3.35. The van der Waals surface area contributed by atoms with Gasteiger partial charge in [-0.2, -0.15) is 0 Å². The van der Waals surface area contributed by atoms with Crippen molar-refractivity contribution in [3.05, 3.63) is 46.5 Å². The van der Waals surface area contributed by atoms with E-state index in [1.165, 1.54) is 4.90 Å². The van der Waals surface area contributed by atoms with Crippen LogP contribution in [0.1, 0.15) is 16.8 Å². The number of hydrogen-bond donors (Lipinski definition) is 2. The number of hydrogen-bond acceptors (Lipinski definition) is 4. The quantitative estimate of drug-likeness (QED) is 0.716. The lowest BCUT2D eigenvalue weighted by molar-refractivity contribution is -0.142. The predicted molar refractivity (Wildman–Crippen MR) is 94.9 cm³/mol. The van der Waals surface area contributed by atoms with Gasteiger partial charge in [0.1, 0.15) is 0 Å². The smallest absolute Gasteiger partial charge is 0.313 e. The van der Waals surface area contributed by atoms with E-state index in [2.05, 4.69) is 15.3 Å². The van der Waals surface area contributed by atoms with E-state index in [9.17, 15) is 9.59 Å². The number of aromatic nitrogens is 2. The van der Waals surface area contributed by atoms with Gasteiger partial charge in [0.2, 0.25) is 0 Å². The molecule has 0 unspecified atom stereocenters. The zero-order chi connectivity index (χ0) is 17.1. The number of carbonyl (C=O) groups excluding carboxylic acids is 2. The summed E-state index contributed by atoms with van der Waals surface area (Å²) in [6.45, 7) is 2.41. The summed E-state index contributed by atoms with van der Waals surface area (Å²) in [4.78, 5) is 34.2. The summed E-state index contributed by atoms with van der Waals surface area (Å²) < 4.78 is 0. The largest absolute Gasteiger partial charge is 0.361 e. The third-order valence-electron chi connectivity index (χ3n) is 3.68. The maximum Gasteiger partial charge on any atom is 0.313 e.